The van der Waals surface area contributed by atoms with Crippen molar-refractivity contribution in [2.75, 3.05) is 6.61 Å². The van der Waals surface area contributed by atoms with Crippen LogP contribution in [-0.4, -0.2) is 18.0 Å². The predicted octanol–water partition coefficient (Wildman–Crippen LogP) is 4.52. The van der Waals surface area contributed by atoms with E-state index in [1.165, 1.54) is 38.5 Å². The van der Waals surface area contributed by atoms with Gasteiger partial charge in [0.15, 0.2) is 5.79 Å². The van der Waals surface area contributed by atoms with Crippen LogP contribution < -0.4 is 0 Å². The van der Waals surface area contributed by atoms with Gasteiger partial charge in [-0.15, -0.1) is 0 Å². The highest BCUT2D eigenvalue weighted by Crippen LogP contribution is 2.67. The van der Waals surface area contributed by atoms with Crippen LogP contribution in [-0.2, 0) is 9.47 Å². The third-order valence-electron chi connectivity index (χ3n) is 7.49. The van der Waals surface area contributed by atoms with E-state index in [4.69, 9.17) is 9.47 Å². The number of ether oxygens (including phenoxy) is 2. The lowest BCUT2D eigenvalue weighted by Gasteiger charge is -2.63. The highest BCUT2D eigenvalue weighted by molar-refractivity contribution is 5.13. The summed E-state index contributed by atoms with van der Waals surface area (Å²) >= 11 is 0. The van der Waals surface area contributed by atoms with Crippen LogP contribution in [0.1, 0.15) is 72.6 Å². The quantitative estimate of drug-likeness (QED) is 0.648. The summed E-state index contributed by atoms with van der Waals surface area (Å²) in [5.41, 5.74) is 1.02. The van der Waals surface area contributed by atoms with Crippen molar-refractivity contribution in [2.45, 2.75) is 84.0 Å². The van der Waals surface area contributed by atoms with Gasteiger partial charge in [0.1, 0.15) is 0 Å². The first-order valence-corrected chi connectivity index (χ1v) is 8.64. The van der Waals surface area contributed by atoms with Crippen LogP contribution in [0.3, 0.4) is 0 Å². The molecule has 0 aromatic heterocycles. The lowest BCUT2D eigenvalue weighted by molar-refractivity contribution is -0.260. The highest BCUT2D eigenvalue weighted by Gasteiger charge is 2.66. The van der Waals surface area contributed by atoms with E-state index in [1.54, 1.807) is 0 Å². The Morgan fingerprint density at radius 1 is 0.850 bits per heavy atom. The summed E-state index contributed by atoms with van der Waals surface area (Å²) in [5, 5.41) is 0. The average molecular weight is 278 g/mol. The molecule has 4 aliphatic rings. The van der Waals surface area contributed by atoms with Gasteiger partial charge in [-0.2, -0.15) is 0 Å². The van der Waals surface area contributed by atoms with Crippen LogP contribution in [0.25, 0.3) is 0 Å². The SMILES string of the molecule is CC1(C)CCC[C@@]2(C)[C@H]1CC[C@]13CO[C@](C)(CC[C@@H]12)O3. The number of hydrogen-bond acceptors (Lipinski definition) is 2. The monoisotopic (exact) mass is 278 g/mol. The molecule has 5 atom stereocenters. The molecule has 0 unspecified atom stereocenters. The summed E-state index contributed by atoms with van der Waals surface area (Å²) in [6.45, 7) is 10.6. The normalized spacial score (nSPS) is 57.0. The Morgan fingerprint density at radius 2 is 1.60 bits per heavy atom. The molecule has 4 fully saturated rings. The van der Waals surface area contributed by atoms with E-state index >= 15 is 0 Å². The minimum Gasteiger partial charge on any atom is -0.347 e. The van der Waals surface area contributed by atoms with Crippen LogP contribution in [0, 0.1) is 22.7 Å². The summed E-state index contributed by atoms with van der Waals surface area (Å²) < 4.78 is 12.6. The Bertz CT molecular complexity index is 431. The maximum absolute atomic E-state index is 6.54. The molecule has 2 heteroatoms. The molecule has 0 aromatic rings. The van der Waals surface area contributed by atoms with Gasteiger partial charge in [0.2, 0.25) is 0 Å². The molecule has 1 spiro atoms. The lowest BCUT2D eigenvalue weighted by atomic mass is 9.44. The van der Waals surface area contributed by atoms with Gasteiger partial charge in [0, 0.05) is 6.42 Å². The van der Waals surface area contributed by atoms with Crippen molar-refractivity contribution in [3.05, 3.63) is 0 Å². The second-order valence-corrected chi connectivity index (χ2v) is 9.12. The van der Waals surface area contributed by atoms with Crippen molar-refractivity contribution in [1.82, 2.24) is 0 Å². The molecule has 4 rings (SSSR count). The fourth-order valence-electron chi connectivity index (χ4n) is 6.65. The first kappa shape index (κ1) is 13.6. The molecule has 2 saturated carbocycles. The van der Waals surface area contributed by atoms with E-state index in [0.29, 0.717) is 16.7 Å². The molecule has 2 saturated heterocycles. The van der Waals surface area contributed by atoms with Crippen molar-refractivity contribution in [2.24, 2.45) is 22.7 Å². The van der Waals surface area contributed by atoms with E-state index in [9.17, 15) is 0 Å². The van der Waals surface area contributed by atoms with Crippen molar-refractivity contribution in [3.63, 3.8) is 0 Å². The van der Waals surface area contributed by atoms with E-state index in [2.05, 4.69) is 27.7 Å². The zero-order valence-electron chi connectivity index (χ0n) is 13.6. The van der Waals surface area contributed by atoms with Crippen LogP contribution in [0.4, 0.5) is 0 Å². The fraction of sp³-hybridized carbons (Fsp3) is 1.00. The van der Waals surface area contributed by atoms with Gasteiger partial charge < -0.3 is 9.47 Å². The number of hydrogen-bond donors (Lipinski definition) is 0. The Labute approximate surface area is 123 Å². The predicted molar refractivity (Wildman–Crippen MR) is 79.4 cm³/mol. The zero-order valence-corrected chi connectivity index (χ0v) is 13.6. The molecule has 2 heterocycles. The van der Waals surface area contributed by atoms with Crippen LogP contribution in [0.5, 0.6) is 0 Å². The third-order valence-corrected chi connectivity index (χ3v) is 7.49. The zero-order chi connectivity index (χ0) is 14.2. The maximum Gasteiger partial charge on any atom is 0.166 e. The van der Waals surface area contributed by atoms with Crippen molar-refractivity contribution in [3.8, 4) is 0 Å². The molecule has 0 aromatic carbocycles. The average Bonchev–Trinajstić information content (AvgIpc) is 2.58. The van der Waals surface area contributed by atoms with Gasteiger partial charge in [0.05, 0.1) is 12.2 Å². The molecule has 2 aliphatic heterocycles. The maximum atomic E-state index is 6.54. The molecule has 114 valence electrons. The summed E-state index contributed by atoms with van der Waals surface area (Å²) in [4.78, 5) is 0. The first-order valence-electron chi connectivity index (χ1n) is 8.64. The minimum atomic E-state index is -0.274. The summed E-state index contributed by atoms with van der Waals surface area (Å²) in [5.74, 6) is 1.31. The summed E-state index contributed by atoms with van der Waals surface area (Å²) in [6.07, 6.45) is 9.14. The Morgan fingerprint density at radius 3 is 2.40 bits per heavy atom. The van der Waals surface area contributed by atoms with E-state index in [-0.39, 0.29) is 11.4 Å². The molecule has 20 heavy (non-hydrogen) atoms. The van der Waals surface area contributed by atoms with Gasteiger partial charge >= 0.3 is 0 Å². The molecular formula is C18H30O2. The fourth-order valence-corrected chi connectivity index (χ4v) is 6.65. The van der Waals surface area contributed by atoms with Gasteiger partial charge in [-0.05, 0) is 61.7 Å². The van der Waals surface area contributed by atoms with Gasteiger partial charge in [-0.1, -0.05) is 27.2 Å². The summed E-state index contributed by atoms with van der Waals surface area (Å²) in [6, 6.07) is 0. The molecule has 2 bridgehead atoms. The van der Waals surface area contributed by atoms with E-state index in [1.807, 2.05) is 0 Å². The first-order chi connectivity index (χ1) is 9.30. The standard InChI is InChI=1S/C18H30O2/c1-15(2)8-5-9-16(3)13(15)7-11-18-12-19-17(4,20-18)10-6-14(16)18/h13-14H,5-12H2,1-4H3/t13-,14+,16-,17-,18-/m0/s1. The van der Waals surface area contributed by atoms with Crippen LogP contribution in [0.2, 0.25) is 0 Å². The molecule has 0 radical (unpaired) electrons. The molecule has 0 amide bonds. The van der Waals surface area contributed by atoms with Crippen molar-refractivity contribution >= 4 is 0 Å². The molecule has 2 aliphatic carbocycles. The topological polar surface area (TPSA) is 18.5 Å². The van der Waals surface area contributed by atoms with Crippen molar-refractivity contribution in [1.29, 1.82) is 0 Å². The Hall–Kier alpha value is -0.0800. The number of fused-ring (bicyclic) bond motifs is 3. The smallest absolute Gasteiger partial charge is 0.166 e. The second kappa shape index (κ2) is 3.81. The van der Waals surface area contributed by atoms with Crippen molar-refractivity contribution < 1.29 is 9.47 Å². The van der Waals surface area contributed by atoms with Gasteiger partial charge in [-0.3, -0.25) is 0 Å². The van der Waals surface area contributed by atoms with Crippen LogP contribution in [0.15, 0.2) is 0 Å². The third kappa shape index (κ3) is 1.58. The molecule has 2 nitrogen and oxygen atoms in total. The van der Waals surface area contributed by atoms with E-state index < -0.39 is 0 Å². The lowest BCUT2D eigenvalue weighted by Crippen LogP contribution is -2.61. The van der Waals surface area contributed by atoms with Crippen LogP contribution >= 0.6 is 0 Å². The largest absolute Gasteiger partial charge is 0.347 e. The Kier molecular flexibility index (Phi) is 2.59. The molecule has 0 N–H and O–H groups in total. The van der Waals surface area contributed by atoms with Gasteiger partial charge in [-0.25, -0.2) is 0 Å². The molecular weight excluding hydrogens is 248 g/mol. The Balaban J connectivity index is 1.73. The second-order valence-electron chi connectivity index (χ2n) is 9.12. The van der Waals surface area contributed by atoms with Gasteiger partial charge in [0.25, 0.3) is 0 Å². The van der Waals surface area contributed by atoms with E-state index in [0.717, 1.165) is 18.9 Å². The highest BCUT2D eigenvalue weighted by atomic mass is 16.8. The minimum absolute atomic E-state index is 0.0473. The summed E-state index contributed by atoms with van der Waals surface area (Å²) in [7, 11) is 0. The number of rotatable bonds is 0.